The average molecular weight is 407 g/mol. The number of ether oxygens (including phenoxy) is 1. The van der Waals surface area contributed by atoms with Gasteiger partial charge in [-0.3, -0.25) is 0 Å². The smallest absolute Gasteiger partial charge is 0.356 e. The van der Waals surface area contributed by atoms with Crippen LogP contribution in [-0.4, -0.2) is 35.3 Å². The summed E-state index contributed by atoms with van der Waals surface area (Å²) in [5.74, 6) is 0. The first-order chi connectivity index (χ1) is 14.3. The van der Waals surface area contributed by atoms with Crippen molar-refractivity contribution in [2.75, 3.05) is 0 Å². The van der Waals surface area contributed by atoms with Gasteiger partial charge in [0.1, 0.15) is 0 Å². The molecule has 0 radical (unpaired) electrons. The molecular formula is C21H25N7O2. The van der Waals surface area contributed by atoms with Gasteiger partial charge in [0.2, 0.25) is 0 Å². The van der Waals surface area contributed by atoms with Crippen LogP contribution in [0.1, 0.15) is 30.7 Å². The molecule has 1 aliphatic rings. The maximum atomic E-state index is 12.3. The number of aryl methyl sites for hydroxylation is 3. The first-order valence-electron chi connectivity index (χ1n) is 9.70. The molecule has 1 N–H and O–H groups in total. The number of hydrogen-bond acceptors (Lipinski definition) is 6. The standard InChI is InChI=1S/C21H25N7O2/c1-14-7-6-8-19(28-20(29)26(5)24-25-28)17(14)13-30-21(4)11-9-18(16(3)22-21)27-12-10-15(2)23-27/h6-12,22H,13H2,1-5H3. The molecule has 1 unspecified atom stereocenters. The quantitative estimate of drug-likeness (QED) is 0.696. The van der Waals surface area contributed by atoms with E-state index in [1.54, 1.807) is 7.05 Å². The minimum absolute atomic E-state index is 0.294. The van der Waals surface area contributed by atoms with Crippen LogP contribution in [-0.2, 0) is 18.4 Å². The molecule has 3 heterocycles. The summed E-state index contributed by atoms with van der Waals surface area (Å²) < 4.78 is 10.6. The molecule has 4 rings (SSSR count). The fourth-order valence-corrected chi connectivity index (χ4v) is 3.48. The van der Waals surface area contributed by atoms with E-state index in [-0.39, 0.29) is 5.69 Å². The first-order valence-corrected chi connectivity index (χ1v) is 9.70. The topological polar surface area (TPSA) is 91.8 Å². The molecule has 0 saturated heterocycles. The van der Waals surface area contributed by atoms with Crippen LogP contribution in [0.4, 0.5) is 0 Å². The van der Waals surface area contributed by atoms with Gasteiger partial charge < -0.3 is 10.1 Å². The van der Waals surface area contributed by atoms with Crippen molar-refractivity contribution < 1.29 is 4.74 Å². The average Bonchev–Trinajstić information content (AvgIpc) is 3.26. The van der Waals surface area contributed by atoms with Crippen LogP contribution in [0.5, 0.6) is 0 Å². The van der Waals surface area contributed by atoms with Crippen LogP contribution in [0.25, 0.3) is 11.4 Å². The lowest BCUT2D eigenvalue weighted by atomic mass is 10.1. The van der Waals surface area contributed by atoms with Gasteiger partial charge in [-0.2, -0.15) is 14.5 Å². The van der Waals surface area contributed by atoms with Crippen LogP contribution < -0.4 is 11.0 Å². The van der Waals surface area contributed by atoms with Crippen molar-refractivity contribution >= 4 is 5.70 Å². The van der Waals surface area contributed by atoms with Gasteiger partial charge in [0.15, 0.2) is 5.72 Å². The molecule has 9 nitrogen and oxygen atoms in total. The molecule has 1 aromatic carbocycles. The van der Waals surface area contributed by atoms with E-state index in [4.69, 9.17) is 4.74 Å². The number of nitrogens with one attached hydrogen (secondary N) is 1. The van der Waals surface area contributed by atoms with Gasteiger partial charge in [-0.05, 0) is 68.0 Å². The van der Waals surface area contributed by atoms with Gasteiger partial charge in [-0.1, -0.05) is 12.1 Å². The third-order valence-electron chi connectivity index (χ3n) is 5.20. The summed E-state index contributed by atoms with van der Waals surface area (Å²) in [4.78, 5) is 12.3. The zero-order valence-corrected chi connectivity index (χ0v) is 17.7. The van der Waals surface area contributed by atoms with Crippen molar-refractivity contribution in [1.82, 2.24) is 34.9 Å². The summed E-state index contributed by atoms with van der Waals surface area (Å²) in [6.07, 6.45) is 5.91. The predicted octanol–water partition coefficient (Wildman–Crippen LogP) is 2.06. The minimum atomic E-state index is -0.706. The lowest BCUT2D eigenvalue weighted by molar-refractivity contribution is -0.0253. The SMILES string of the molecule is CC1=C(n2ccc(C)n2)C=CC(C)(OCc2c(C)cccc2-n2nnn(C)c2=O)N1. The van der Waals surface area contributed by atoms with Crippen LogP contribution >= 0.6 is 0 Å². The third kappa shape index (κ3) is 3.59. The highest BCUT2D eigenvalue weighted by Gasteiger charge is 2.27. The summed E-state index contributed by atoms with van der Waals surface area (Å²) >= 11 is 0. The van der Waals surface area contributed by atoms with Crippen molar-refractivity contribution in [2.24, 2.45) is 7.05 Å². The summed E-state index contributed by atoms with van der Waals surface area (Å²) in [6.45, 7) is 8.20. The number of nitrogens with zero attached hydrogens (tertiary/aromatic N) is 6. The predicted molar refractivity (Wildman–Crippen MR) is 113 cm³/mol. The van der Waals surface area contributed by atoms with Crippen LogP contribution in [0, 0.1) is 13.8 Å². The Morgan fingerprint density at radius 1 is 1.17 bits per heavy atom. The second-order valence-corrected chi connectivity index (χ2v) is 7.64. The molecule has 3 aromatic rings. The van der Waals surface area contributed by atoms with Gasteiger partial charge in [-0.25, -0.2) is 9.48 Å². The van der Waals surface area contributed by atoms with Gasteiger partial charge in [0.05, 0.1) is 23.7 Å². The number of dihydropyridines is 1. The summed E-state index contributed by atoms with van der Waals surface area (Å²) in [5, 5.41) is 15.7. The molecule has 0 bridgehead atoms. The van der Waals surface area contributed by atoms with Gasteiger partial charge in [0, 0.05) is 24.5 Å². The Labute approximate surface area is 174 Å². The monoisotopic (exact) mass is 407 g/mol. The highest BCUT2D eigenvalue weighted by Crippen LogP contribution is 2.26. The zero-order chi connectivity index (χ0) is 21.5. The highest BCUT2D eigenvalue weighted by molar-refractivity contribution is 5.62. The van der Waals surface area contributed by atoms with Crippen molar-refractivity contribution in [3.05, 3.63) is 75.6 Å². The Kier molecular flexibility index (Phi) is 4.90. The number of tetrazole rings is 1. The molecule has 9 heteroatoms. The largest absolute Gasteiger partial charge is 0.368 e. The molecule has 0 saturated carbocycles. The van der Waals surface area contributed by atoms with E-state index < -0.39 is 5.72 Å². The molecule has 156 valence electrons. The van der Waals surface area contributed by atoms with E-state index in [2.05, 4.69) is 20.8 Å². The molecule has 1 aliphatic heterocycles. The van der Waals surface area contributed by atoms with Crippen LogP contribution in [0.3, 0.4) is 0 Å². The normalized spacial score (nSPS) is 18.7. The Morgan fingerprint density at radius 3 is 2.60 bits per heavy atom. The molecular weight excluding hydrogens is 382 g/mol. The number of hydrogen-bond donors (Lipinski definition) is 1. The van der Waals surface area contributed by atoms with E-state index in [9.17, 15) is 4.79 Å². The van der Waals surface area contributed by atoms with Crippen LogP contribution in [0.2, 0.25) is 0 Å². The Balaban J connectivity index is 1.58. The Morgan fingerprint density at radius 2 is 1.97 bits per heavy atom. The van der Waals surface area contributed by atoms with Crippen molar-refractivity contribution in [3.63, 3.8) is 0 Å². The summed E-state index contributed by atoms with van der Waals surface area (Å²) in [5.41, 5.74) is 4.42. The van der Waals surface area contributed by atoms with E-state index in [1.807, 2.05) is 75.0 Å². The highest BCUT2D eigenvalue weighted by atomic mass is 16.5. The third-order valence-corrected chi connectivity index (χ3v) is 5.20. The molecule has 0 fully saturated rings. The van der Waals surface area contributed by atoms with E-state index in [0.29, 0.717) is 12.3 Å². The minimum Gasteiger partial charge on any atom is -0.356 e. The summed E-state index contributed by atoms with van der Waals surface area (Å²) in [6, 6.07) is 7.68. The lowest BCUT2D eigenvalue weighted by Gasteiger charge is -2.33. The molecule has 2 aromatic heterocycles. The van der Waals surface area contributed by atoms with Gasteiger partial charge in [-0.15, -0.1) is 0 Å². The Bertz CT molecular complexity index is 1210. The van der Waals surface area contributed by atoms with Crippen molar-refractivity contribution in [2.45, 2.75) is 40.0 Å². The molecule has 0 amide bonds. The van der Waals surface area contributed by atoms with Gasteiger partial charge in [0.25, 0.3) is 0 Å². The van der Waals surface area contributed by atoms with Crippen LogP contribution in [0.15, 0.2) is 53.1 Å². The molecule has 0 spiro atoms. The zero-order valence-electron chi connectivity index (χ0n) is 17.7. The molecule has 30 heavy (non-hydrogen) atoms. The fourth-order valence-electron chi connectivity index (χ4n) is 3.48. The number of rotatable bonds is 5. The van der Waals surface area contributed by atoms with E-state index >= 15 is 0 Å². The first kappa shape index (κ1) is 19.8. The van der Waals surface area contributed by atoms with Gasteiger partial charge >= 0.3 is 5.69 Å². The van der Waals surface area contributed by atoms with E-state index in [1.165, 1.54) is 9.36 Å². The fraction of sp³-hybridized carbons (Fsp3) is 0.333. The second-order valence-electron chi connectivity index (χ2n) is 7.64. The maximum Gasteiger partial charge on any atom is 0.368 e. The summed E-state index contributed by atoms with van der Waals surface area (Å²) in [7, 11) is 1.57. The number of aromatic nitrogens is 6. The number of benzene rings is 1. The van der Waals surface area contributed by atoms with E-state index in [0.717, 1.165) is 28.2 Å². The lowest BCUT2D eigenvalue weighted by Crippen LogP contribution is -2.44. The molecule has 1 atom stereocenters. The second kappa shape index (κ2) is 7.42. The molecule has 0 aliphatic carbocycles. The number of allylic oxidation sites excluding steroid dienone is 3. The van der Waals surface area contributed by atoms with Crippen molar-refractivity contribution in [1.29, 1.82) is 0 Å². The maximum absolute atomic E-state index is 12.3. The Hall–Kier alpha value is -3.46. The van der Waals surface area contributed by atoms with Crippen molar-refractivity contribution in [3.8, 4) is 5.69 Å².